The topological polar surface area (TPSA) is 154 Å². The van der Waals surface area contributed by atoms with Gasteiger partial charge in [-0.2, -0.15) is 0 Å². The Labute approximate surface area is 190 Å². The van der Waals surface area contributed by atoms with Crippen molar-refractivity contribution >= 4 is 23.2 Å². The van der Waals surface area contributed by atoms with Crippen molar-refractivity contribution in [1.29, 1.82) is 0 Å². The maximum absolute atomic E-state index is 12.7. The number of amides is 2. The summed E-state index contributed by atoms with van der Waals surface area (Å²) in [4.78, 5) is 24.6. The molecule has 0 saturated heterocycles. The molecule has 2 aromatic carbocycles. The van der Waals surface area contributed by atoms with Crippen LogP contribution in [0.5, 0.6) is 0 Å². The Morgan fingerprint density at radius 1 is 0.906 bits per heavy atom. The summed E-state index contributed by atoms with van der Waals surface area (Å²) in [5.41, 5.74) is 4.54. The van der Waals surface area contributed by atoms with Crippen molar-refractivity contribution in [2.45, 2.75) is 56.4 Å². The molecule has 0 heterocycles. The molecule has 10 heteroatoms. The van der Waals surface area contributed by atoms with Gasteiger partial charge >= 0.3 is 0 Å². The van der Waals surface area contributed by atoms with Gasteiger partial charge in [-0.25, -0.2) is 5.48 Å². The lowest BCUT2D eigenvalue weighted by atomic mass is 10.0. The Morgan fingerprint density at radius 2 is 1.41 bits per heavy atom. The SMILES string of the molecule is CCc1ccc(-c2ccc([S+]([O-])N[C@H](C(=O)N[C@H](C(=O)NO)[C@@H](C)O)[C@@H](C)O)cc2)cc1. The number of carbonyl (C=O) groups is 2. The lowest BCUT2D eigenvalue weighted by molar-refractivity contribution is -0.138. The zero-order valence-corrected chi connectivity index (χ0v) is 18.9. The van der Waals surface area contributed by atoms with Gasteiger partial charge in [0.05, 0.1) is 23.6 Å². The van der Waals surface area contributed by atoms with E-state index in [2.05, 4.69) is 17.0 Å². The largest absolute Gasteiger partial charge is 0.593 e. The lowest BCUT2D eigenvalue weighted by Crippen LogP contribution is -2.59. The highest BCUT2D eigenvalue weighted by Crippen LogP contribution is 2.22. The molecule has 2 rings (SSSR count). The van der Waals surface area contributed by atoms with E-state index >= 15 is 0 Å². The zero-order chi connectivity index (χ0) is 23.8. The van der Waals surface area contributed by atoms with Crippen molar-refractivity contribution in [1.82, 2.24) is 15.5 Å². The molecule has 0 bridgehead atoms. The van der Waals surface area contributed by atoms with Gasteiger partial charge in [0.2, 0.25) is 5.91 Å². The monoisotopic (exact) mass is 463 g/mol. The number of aliphatic hydroxyl groups excluding tert-OH is 2. The van der Waals surface area contributed by atoms with Crippen LogP contribution in [0.1, 0.15) is 26.3 Å². The Bertz CT molecular complexity index is 890. The normalized spacial score (nSPS) is 15.8. The van der Waals surface area contributed by atoms with Crippen molar-refractivity contribution in [3.63, 3.8) is 0 Å². The van der Waals surface area contributed by atoms with E-state index in [1.807, 2.05) is 36.4 Å². The number of nitrogens with one attached hydrogen (secondary N) is 3. The molecule has 0 saturated carbocycles. The second kappa shape index (κ2) is 12.0. The average molecular weight is 464 g/mol. The Kier molecular flexibility index (Phi) is 9.63. The highest BCUT2D eigenvalue weighted by molar-refractivity contribution is 7.89. The van der Waals surface area contributed by atoms with Crippen molar-refractivity contribution in [3.8, 4) is 11.1 Å². The van der Waals surface area contributed by atoms with Gasteiger partial charge in [0.1, 0.15) is 6.04 Å². The van der Waals surface area contributed by atoms with Crippen LogP contribution in [0.2, 0.25) is 0 Å². The van der Waals surface area contributed by atoms with E-state index in [0.717, 1.165) is 17.5 Å². The summed E-state index contributed by atoms with van der Waals surface area (Å²) >= 11 is -1.85. The summed E-state index contributed by atoms with van der Waals surface area (Å²) in [7, 11) is 0. The Morgan fingerprint density at radius 3 is 1.84 bits per heavy atom. The van der Waals surface area contributed by atoms with Gasteiger partial charge in [0.25, 0.3) is 5.91 Å². The van der Waals surface area contributed by atoms with Gasteiger partial charge in [0.15, 0.2) is 10.9 Å². The zero-order valence-electron chi connectivity index (χ0n) is 18.1. The molecule has 0 spiro atoms. The quantitative estimate of drug-likeness (QED) is 0.172. The number of rotatable bonds is 10. The summed E-state index contributed by atoms with van der Waals surface area (Å²) < 4.78 is 15.3. The number of carbonyl (C=O) groups excluding carboxylic acids is 2. The van der Waals surface area contributed by atoms with Gasteiger partial charge in [-0.1, -0.05) is 31.2 Å². The fourth-order valence-corrected chi connectivity index (χ4v) is 4.03. The van der Waals surface area contributed by atoms with Crippen LogP contribution < -0.4 is 15.5 Å². The van der Waals surface area contributed by atoms with Crippen LogP contribution in [0.4, 0.5) is 0 Å². The first-order valence-corrected chi connectivity index (χ1v) is 11.3. The standard InChI is InChI=1S/C22H29N3O6S/c1-4-15-5-7-16(8-6-15)17-9-11-18(12-10-17)32(31)25-20(14(3)27)21(28)23-19(13(2)26)22(29)24-30/h5-14,19-20,25-27,30H,4H2,1-3H3,(H,23,28)(H,24,29)/t13-,14-,19+,20+,32?/m1/s1. The van der Waals surface area contributed by atoms with Crippen LogP contribution in [0.3, 0.4) is 0 Å². The van der Waals surface area contributed by atoms with E-state index in [4.69, 9.17) is 5.21 Å². The van der Waals surface area contributed by atoms with Gasteiger partial charge < -0.3 is 20.1 Å². The molecule has 0 fully saturated rings. The fraction of sp³-hybridized carbons (Fsp3) is 0.364. The Balaban J connectivity index is 2.10. The average Bonchev–Trinajstić information content (AvgIpc) is 2.79. The molecule has 32 heavy (non-hydrogen) atoms. The number of benzene rings is 2. The van der Waals surface area contributed by atoms with Crippen LogP contribution in [-0.2, 0) is 27.4 Å². The predicted molar refractivity (Wildman–Crippen MR) is 120 cm³/mol. The van der Waals surface area contributed by atoms with E-state index in [1.54, 1.807) is 12.1 Å². The van der Waals surface area contributed by atoms with Crippen LogP contribution in [0.25, 0.3) is 11.1 Å². The van der Waals surface area contributed by atoms with Crippen LogP contribution in [-0.4, -0.2) is 56.1 Å². The number of aliphatic hydroxyl groups is 2. The molecular weight excluding hydrogens is 434 g/mol. The number of hydrogen-bond donors (Lipinski definition) is 6. The van der Waals surface area contributed by atoms with Crippen LogP contribution in [0.15, 0.2) is 53.4 Å². The highest BCUT2D eigenvalue weighted by Gasteiger charge is 2.34. The van der Waals surface area contributed by atoms with Crippen LogP contribution >= 0.6 is 0 Å². The maximum Gasteiger partial charge on any atom is 0.268 e. The molecule has 5 atom stereocenters. The molecule has 0 aromatic heterocycles. The summed E-state index contributed by atoms with van der Waals surface area (Å²) in [5.74, 6) is -1.89. The molecule has 174 valence electrons. The first-order chi connectivity index (χ1) is 15.2. The molecule has 0 radical (unpaired) electrons. The van der Waals surface area contributed by atoms with Gasteiger partial charge in [0, 0.05) is 0 Å². The molecule has 2 amide bonds. The first kappa shape index (κ1) is 25.8. The van der Waals surface area contributed by atoms with E-state index in [0.29, 0.717) is 4.90 Å². The fourth-order valence-electron chi connectivity index (χ4n) is 2.98. The molecule has 0 aliphatic rings. The maximum atomic E-state index is 12.7. The van der Waals surface area contributed by atoms with Crippen molar-refractivity contribution in [3.05, 3.63) is 54.1 Å². The second-order valence-electron chi connectivity index (χ2n) is 7.38. The highest BCUT2D eigenvalue weighted by atomic mass is 32.2. The summed E-state index contributed by atoms with van der Waals surface area (Å²) in [6.07, 6.45) is -1.63. The minimum atomic E-state index is -1.85. The van der Waals surface area contributed by atoms with Crippen molar-refractivity contribution < 1.29 is 29.6 Å². The van der Waals surface area contributed by atoms with Crippen LogP contribution in [0, 0.1) is 0 Å². The molecule has 9 nitrogen and oxygen atoms in total. The lowest BCUT2D eigenvalue weighted by Gasteiger charge is -2.25. The van der Waals surface area contributed by atoms with Gasteiger partial charge in [-0.15, -0.1) is 4.72 Å². The molecular formula is C22H29N3O6S. The van der Waals surface area contributed by atoms with Crippen molar-refractivity contribution in [2.75, 3.05) is 0 Å². The minimum Gasteiger partial charge on any atom is -0.593 e. The van der Waals surface area contributed by atoms with E-state index in [1.165, 1.54) is 24.9 Å². The molecule has 0 aliphatic heterocycles. The predicted octanol–water partition coefficient (Wildman–Crippen LogP) is 0.649. The third-order valence-electron chi connectivity index (χ3n) is 4.94. The Hall–Kier alpha value is -2.47. The number of hydroxylamine groups is 1. The summed E-state index contributed by atoms with van der Waals surface area (Å²) in [6, 6.07) is 12.2. The number of aryl methyl sites for hydroxylation is 1. The smallest absolute Gasteiger partial charge is 0.268 e. The van der Waals surface area contributed by atoms with E-state index < -0.39 is 47.5 Å². The third kappa shape index (κ3) is 6.76. The number of hydrogen-bond acceptors (Lipinski definition) is 7. The molecule has 6 N–H and O–H groups in total. The van der Waals surface area contributed by atoms with Gasteiger partial charge in [-0.05, 0) is 61.2 Å². The summed E-state index contributed by atoms with van der Waals surface area (Å²) in [5, 5.41) is 30.6. The van der Waals surface area contributed by atoms with E-state index in [9.17, 15) is 24.4 Å². The summed E-state index contributed by atoms with van der Waals surface area (Å²) in [6.45, 7) is 4.65. The third-order valence-corrected chi connectivity index (χ3v) is 6.10. The molecule has 0 aliphatic carbocycles. The van der Waals surface area contributed by atoms with Crippen molar-refractivity contribution in [2.24, 2.45) is 0 Å². The molecule has 1 unspecified atom stereocenters. The molecule has 2 aromatic rings. The first-order valence-electron chi connectivity index (χ1n) is 10.2. The minimum absolute atomic E-state index is 0.387. The second-order valence-corrected chi connectivity index (χ2v) is 8.63. The van der Waals surface area contributed by atoms with E-state index in [-0.39, 0.29) is 0 Å². The van der Waals surface area contributed by atoms with Gasteiger partial charge in [-0.3, -0.25) is 14.8 Å².